The maximum atomic E-state index is 11.7. The molecule has 0 bridgehead atoms. The molecular formula is C13H13N3O4S. The average molecular weight is 307 g/mol. The highest BCUT2D eigenvalue weighted by Gasteiger charge is 2.29. The normalized spacial score (nSPS) is 18.1. The molecule has 1 aliphatic carbocycles. The van der Waals surface area contributed by atoms with Crippen LogP contribution < -0.4 is 4.31 Å². The number of rotatable bonds is 4. The minimum Gasteiger partial charge on any atom is -0.365 e. The fourth-order valence-electron chi connectivity index (χ4n) is 1.95. The highest BCUT2D eigenvalue weighted by molar-refractivity contribution is 7.87. The van der Waals surface area contributed by atoms with Crippen molar-refractivity contribution in [2.75, 3.05) is 11.4 Å². The summed E-state index contributed by atoms with van der Waals surface area (Å²) in [4.78, 5) is 3.06. The fourth-order valence-corrected chi connectivity index (χ4v) is 2.73. The lowest BCUT2D eigenvalue weighted by atomic mass is 10.1. The third-order valence-corrected chi connectivity index (χ3v) is 3.75. The van der Waals surface area contributed by atoms with Gasteiger partial charge in [-0.05, 0) is 24.3 Å². The molecule has 1 aromatic carbocycles. The van der Waals surface area contributed by atoms with Crippen molar-refractivity contribution < 1.29 is 22.5 Å². The predicted molar refractivity (Wildman–Crippen MR) is 77.1 cm³/mol. The van der Waals surface area contributed by atoms with Crippen molar-refractivity contribution in [2.45, 2.75) is 6.10 Å². The van der Waals surface area contributed by atoms with Gasteiger partial charge in [0.25, 0.3) is 0 Å². The van der Waals surface area contributed by atoms with E-state index in [0.29, 0.717) is 0 Å². The molecule has 8 heteroatoms. The highest BCUT2D eigenvalue weighted by Crippen LogP contribution is 2.25. The van der Waals surface area contributed by atoms with Crippen LogP contribution in [0, 0.1) is 0 Å². The van der Waals surface area contributed by atoms with Gasteiger partial charge in [-0.3, -0.25) is 4.55 Å². The molecular weight excluding hydrogens is 294 g/mol. The van der Waals surface area contributed by atoms with Crippen molar-refractivity contribution in [1.82, 2.24) is 0 Å². The smallest absolute Gasteiger partial charge is 0.364 e. The van der Waals surface area contributed by atoms with Gasteiger partial charge >= 0.3 is 16.0 Å². The first-order chi connectivity index (χ1) is 9.97. The van der Waals surface area contributed by atoms with Crippen LogP contribution in [0.25, 0.3) is 5.53 Å². The van der Waals surface area contributed by atoms with E-state index in [1.807, 2.05) is 0 Å². The van der Waals surface area contributed by atoms with Gasteiger partial charge in [-0.25, -0.2) is 4.31 Å². The zero-order valence-electron chi connectivity index (χ0n) is 11.1. The van der Waals surface area contributed by atoms with E-state index < -0.39 is 16.4 Å². The number of nitrogens with zero attached hydrogens (tertiary/aromatic N) is 3. The summed E-state index contributed by atoms with van der Waals surface area (Å²) in [6, 6.07) is 8.11. The standard InChI is InChI=1S/C13H13N3O4S/c1-20-13-9-11(7-8-12(13)15-14)16(21(17,18)19)10-5-3-2-4-6-10/h2-9,13H,1H3,(H,17,18,19). The average Bonchev–Trinajstić information content (AvgIpc) is 2.47. The zero-order chi connectivity index (χ0) is 15.5. The Morgan fingerprint density at radius 1 is 1.29 bits per heavy atom. The van der Waals surface area contributed by atoms with Crippen molar-refractivity contribution >= 4 is 21.7 Å². The molecule has 0 radical (unpaired) electrons. The molecule has 21 heavy (non-hydrogen) atoms. The first kappa shape index (κ1) is 15.1. The first-order valence-electron chi connectivity index (χ1n) is 5.95. The molecule has 0 fully saturated rings. The quantitative estimate of drug-likeness (QED) is 0.516. The van der Waals surface area contributed by atoms with Crippen LogP contribution in [0.4, 0.5) is 5.69 Å². The van der Waals surface area contributed by atoms with E-state index in [4.69, 9.17) is 10.3 Å². The molecule has 1 aromatic rings. The molecule has 7 nitrogen and oxygen atoms in total. The molecule has 0 heterocycles. The molecule has 0 saturated carbocycles. The van der Waals surface area contributed by atoms with Crippen LogP contribution in [0.2, 0.25) is 0 Å². The summed E-state index contributed by atoms with van der Waals surface area (Å²) in [5, 5.41) is 0. The SMILES string of the molecule is COC1C=C(N(c2ccccc2)S(=O)(=O)O)C=CC1=[N+]=[N-]. The van der Waals surface area contributed by atoms with Crippen LogP contribution in [0.3, 0.4) is 0 Å². The van der Waals surface area contributed by atoms with Crippen LogP contribution in [-0.2, 0) is 15.0 Å². The second kappa shape index (κ2) is 6.02. The Balaban J connectivity index is 2.52. The maximum absolute atomic E-state index is 11.7. The van der Waals surface area contributed by atoms with Gasteiger partial charge in [0.15, 0.2) is 6.10 Å². The van der Waals surface area contributed by atoms with Crippen molar-refractivity contribution in [1.29, 1.82) is 0 Å². The van der Waals surface area contributed by atoms with Crippen LogP contribution >= 0.6 is 0 Å². The first-order valence-corrected chi connectivity index (χ1v) is 7.34. The van der Waals surface area contributed by atoms with Crippen molar-refractivity contribution in [3.8, 4) is 0 Å². The van der Waals surface area contributed by atoms with E-state index in [0.717, 1.165) is 4.31 Å². The van der Waals surface area contributed by atoms with Gasteiger partial charge in [-0.15, -0.1) is 0 Å². The van der Waals surface area contributed by atoms with Gasteiger partial charge in [-0.1, -0.05) is 18.2 Å². The van der Waals surface area contributed by atoms with E-state index in [1.54, 1.807) is 30.3 Å². The molecule has 0 aliphatic heterocycles. The maximum Gasteiger partial charge on any atom is 0.364 e. The Morgan fingerprint density at radius 2 is 1.95 bits per heavy atom. The molecule has 0 spiro atoms. The lowest BCUT2D eigenvalue weighted by molar-refractivity contribution is -0.0184. The second-order valence-electron chi connectivity index (χ2n) is 4.18. The van der Waals surface area contributed by atoms with E-state index in [-0.39, 0.29) is 17.1 Å². The molecule has 0 amide bonds. The minimum atomic E-state index is -4.52. The number of allylic oxidation sites excluding steroid dienone is 1. The molecule has 110 valence electrons. The fraction of sp³-hybridized carbons (Fsp3) is 0.154. The van der Waals surface area contributed by atoms with Gasteiger partial charge in [-0.2, -0.15) is 13.2 Å². The van der Waals surface area contributed by atoms with E-state index in [1.165, 1.54) is 25.3 Å². The summed E-state index contributed by atoms with van der Waals surface area (Å²) in [5.41, 5.74) is 9.52. The summed E-state index contributed by atoms with van der Waals surface area (Å²) >= 11 is 0. The third kappa shape index (κ3) is 3.26. The monoisotopic (exact) mass is 307 g/mol. The Morgan fingerprint density at radius 3 is 2.48 bits per heavy atom. The van der Waals surface area contributed by atoms with Crippen LogP contribution in [0.5, 0.6) is 0 Å². The van der Waals surface area contributed by atoms with E-state index in [2.05, 4.69) is 4.79 Å². The van der Waals surface area contributed by atoms with Gasteiger partial charge in [0, 0.05) is 13.2 Å². The Kier molecular flexibility index (Phi) is 4.35. The molecule has 1 aliphatic rings. The minimum absolute atomic E-state index is 0.183. The van der Waals surface area contributed by atoms with Gasteiger partial charge in [0.05, 0.1) is 11.4 Å². The van der Waals surface area contributed by atoms with Crippen molar-refractivity contribution in [2.24, 2.45) is 0 Å². The van der Waals surface area contributed by atoms with Crippen LogP contribution in [-0.4, -0.2) is 36.7 Å². The number of hydrogen-bond donors (Lipinski definition) is 1. The zero-order valence-corrected chi connectivity index (χ0v) is 11.9. The Bertz CT molecular complexity index is 734. The molecule has 2 rings (SSSR count). The molecule has 1 atom stereocenters. The summed E-state index contributed by atoms with van der Waals surface area (Å²) in [6.45, 7) is 0. The Hall–Kier alpha value is -2.25. The van der Waals surface area contributed by atoms with E-state index in [9.17, 15) is 13.0 Å². The number of para-hydroxylation sites is 1. The summed E-state index contributed by atoms with van der Waals surface area (Å²) in [6.07, 6.45) is 3.52. The van der Waals surface area contributed by atoms with Gasteiger partial charge in [0.2, 0.25) is 0 Å². The molecule has 1 N–H and O–H groups in total. The molecule has 0 saturated heterocycles. The van der Waals surface area contributed by atoms with Gasteiger partial charge in [0.1, 0.15) is 0 Å². The number of benzene rings is 1. The third-order valence-electron chi connectivity index (χ3n) is 2.86. The second-order valence-corrected chi connectivity index (χ2v) is 5.44. The summed E-state index contributed by atoms with van der Waals surface area (Å²) in [5.74, 6) is 0. The lowest BCUT2D eigenvalue weighted by Crippen LogP contribution is -2.33. The van der Waals surface area contributed by atoms with Crippen LogP contribution in [0.1, 0.15) is 0 Å². The lowest BCUT2D eigenvalue weighted by Gasteiger charge is -2.24. The van der Waals surface area contributed by atoms with Crippen molar-refractivity contribution in [3.63, 3.8) is 0 Å². The van der Waals surface area contributed by atoms with Gasteiger partial charge < -0.3 is 10.3 Å². The predicted octanol–water partition coefficient (Wildman–Crippen LogP) is 1.44. The van der Waals surface area contributed by atoms with Crippen LogP contribution in [0.15, 0.2) is 54.3 Å². The largest absolute Gasteiger partial charge is 0.365 e. The van der Waals surface area contributed by atoms with E-state index >= 15 is 0 Å². The topological polar surface area (TPSA) is 103 Å². The number of anilines is 1. The number of methoxy groups -OCH3 is 1. The van der Waals surface area contributed by atoms with Crippen molar-refractivity contribution in [3.05, 3.63) is 59.8 Å². The number of ether oxygens (including phenoxy) is 1. The molecule has 1 unspecified atom stereocenters. The highest BCUT2D eigenvalue weighted by atomic mass is 32.2. The number of hydrogen-bond acceptors (Lipinski definition) is 3. The summed E-state index contributed by atoms with van der Waals surface area (Å²) < 4.78 is 38.7. The summed E-state index contributed by atoms with van der Waals surface area (Å²) in [7, 11) is -3.13. The molecule has 0 aromatic heterocycles. The Labute approximate surface area is 122 Å².